The van der Waals surface area contributed by atoms with E-state index in [2.05, 4.69) is 6.92 Å². The minimum atomic E-state index is -3.62. The van der Waals surface area contributed by atoms with Crippen LogP contribution >= 0.6 is 16.9 Å². The Morgan fingerprint density at radius 3 is 2.31 bits per heavy atom. The third-order valence-electron chi connectivity index (χ3n) is 4.57. The molecule has 0 aromatic rings. The predicted octanol–water partition coefficient (Wildman–Crippen LogP) is 2.51. The number of rotatable bonds is 12. The van der Waals surface area contributed by atoms with Gasteiger partial charge in [0.05, 0.1) is 5.25 Å². The van der Waals surface area contributed by atoms with Crippen molar-refractivity contribution in [3.05, 3.63) is 0 Å². The molecule has 1 amide bonds. The molecule has 8 nitrogen and oxygen atoms in total. The summed E-state index contributed by atoms with van der Waals surface area (Å²) in [5.74, 6) is -1.91. The van der Waals surface area contributed by atoms with E-state index in [1.54, 1.807) is 0 Å². The lowest BCUT2D eigenvalue weighted by molar-refractivity contribution is -0.157. The van der Waals surface area contributed by atoms with Gasteiger partial charge in [0.15, 0.2) is 5.54 Å². The summed E-state index contributed by atoms with van der Waals surface area (Å²) in [7, 11) is 2.89. The fraction of sp³-hybridized carbons (Fsp3) is 0.882. The van der Waals surface area contributed by atoms with Crippen LogP contribution in [-0.4, -0.2) is 85.8 Å². The van der Waals surface area contributed by atoms with Gasteiger partial charge in [-0.1, -0.05) is 38.1 Å². The maximum Gasteiger partial charge on any atom is 0.397 e. The number of esters is 1. The minimum absolute atomic E-state index is 0.0534. The van der Waals surface area contributed by atoms with Crippen molar-refractivity contribution in [3.8, 4) is 0 Å². The third kappa shape index (κ3) is 7.47. The van der Waals surface area contributed by atoms with Crippen LogP contribution in [0.2, 0.25) is 0 Å². The minimum Gasteiger partial charge on any atom is -0.457 e. The molecule has 0 saturated heterocycles. The Labute approximate surface area is 184 Å². The monoisotopic (exact) mass is 487 g/mol. The van der Waals surface area contributed by atoms with Crippen molar-refractivity contribution in [1.82, 2.24) is 13.6 Å². The molecule has 0 aromatic heterocycles. The van der Waals surface area contributed by atoms with E-state index in [1.807, 2.05) is 25.9 Å². The van der Waals surface area contributed by atoms with Gasteiger partial charge in [-0.2, -0.15) is 0 Å². The average molecular weight is 488 g/mol. The van der Waals surface area contributed by atoms with E-state index >= 15 is 0 Å². The zero-order valence-corrected chi connectivity index (χ0v) is 21.5. The molecule has 0 bridgehead atoms. The van der Waals surface area contributed by atoms with Gasteiger partial charge in [0.1, 0.15) is 6.61 Å². The van der Waals surface area contributed by atoms with Crippen LogP contribution in [0.1, 0.15) is 46.0 Å². The van der Waals surface area contributed by atoms with Crippen LogP contribution in [0.4, 0.5) is 0 Å². The first-order valence-corrected chi connectivity index (χ1v) is 15.4. The van der Waals surface area contributed by atoms with Crippen LogP contribution in [0.3, 0.4) is 0 Å². The Kier molecular flexibility index (Phi) is 10.6. The standard InChI is InChI=1S/C17H34N3O5PS3/c1-7-8-9-14(2)28-26(27,20(6)29(23,24)15-10-11-15)19(5)16(21)17(22)25-13-12-18(3)4/h14-15H,7-13H2,1-6H3. The number of ether oxygens (including phenoxy) is 1. The molecule has 170 valence electrons. The molecule has 2 unspecified atom stereocenters. The van der Waals surface area contributed by atoms with Crippen molar-refractivity contribution in [2.24, 2.45) is 0 Å². The van der Waals surface area contributed by atoms with Gasteiger partial charge in [-0.25, -0.2) is 13.2 Å². The fourth-order valence-corrected chi connectivity index (χ4v) is 13.5. The van der Waals surface area contributed by atoms with E-state index in [4.69, 9.17) is 16.5 Å². The molecule has 1 saturated carbocycles. The molecule has 0 aromatic carbocycles. The summed E-state index contributed by atoms with van der Waals surface area (Å²) in [5.41, 5.74) is -3.13. The zero-order valence-electron chi connectivity index (χ0n) is 18.2. The molecule has 0 aliphatic heterocycles. The van der Waals surface area contributed by atoms with E-state index in [0.717, 1.165) is 23.9 Å². The Morgan fingerprint density at radius 1 is 1.24 bits per heavy atom. The van der Waals surface area contributed by atoms with Crippen LogP contribution in [0.5, 0.6) is 0 Å². The number of carbonyl (C=O) groups excluding carboxylic acids is 2. The van der Waals surface area contributed by atoms with Crippen LogP contribution in [0.25, 0.3) is 0 Å². The number of amides is 1. The van der Waals surface area contributed by atoms with Gasteiger partial charge >= 0.3 is 11.9 Å². The Morgan fingerprint density at radius 2 is 1.83 bits per heavy atom. The first-order valence-electron chi connectivity index (χ1n) is 9.74. The lowest BCUT2D eigenvalue weighted by Crippen LogP contribution is -2.39. The second-order valence-electron chi connectivity index (χ2n) is 7.50. The molecule has 12 heteroatoms. The van der Waals surface area contributed by atoms with E-state index in [-0.39, 0.29) is 11.9 Å². The van der Waals surface area contributed by atoms with Crippen molar-refractivity contribution >= 4 is 50.6 Å². The van der Waals surface area contributed by atoms with Crippen LogP contribution in [-0.2, 0) is 36.2 Å². The number of hydrogen-bond donors (Lipinski definition) is 0. The summed E-state index contributed by atoms with van der Waals surface area (Å²) in [5, 5.41) is -0.394. The zero-order chi connectivity index (χ0) is 22.4. The lowest BCUT2D eigenvalue weighted by Gasteiger charge is -2.38. The molecule has 1 rings (SSSR count). The molecule has 0 heterocycles. The van der Waals surface area contributed by atoms with Gasteiger partial charge in [0, 0.05) is 25.9 Å². The number of nitrogens with zero attached hydrogens (tertiary/aromatic N) is 3. The van der Waals surface area contributed by atoms with E-state index in [0.29, 0.717) is 19.4 Å². The average Bonchev–Trinajstić information content (AvgIpc) is 3.49. The normalized spacial score (nSPS) is 17.8. The molecule has 29 heavy (non-hydrogen) atoms. The second-order valence-corrected chi connectivity index (χ2v) is 17.6. The Balaban J connectivity index is 3.06. The summed E-state index contributed by atoms with van der Waals surface area (Å²) in [4.78, 5) is 26.8. The smallest absolute Gasteiger partial charge is 0.397 e. The number of likely N-dealkylation sites (N-methyl/N-ethyl adjacent to an activating group) is 2. The first kappa shape index (κ1) is 26.8. The maximum atomic E-state index is 12.9. The molecule has 0 N–H and O–H groups in total. The predicted molar refractivity (Wildman–Crippen MR) is 123 cm³/mol. The van der Waals surface area contributed by atoms with Crippen molar-refractivity contribution in [2.45, 2.75) is 56.5 Å². The van der Waals surface area contributed by atoms with E-state index < -0.39 is 32.7 Å². The molecule has 1 aliphatic carbocycles. The maximum absolute atomic E-state index is 12.9. The Bertz CT molecular complexity index is 728. The van der Waals surface area contributed by atoms with Crippen LogP contribution in [0.15, 0.2) is 0 Å². The van der Waals surface area contributed by atoms with Crippen molar-refractivity contribution < 1.29 is 22.7 Å². The molecular formula is C17H34N3O5PS3. The van der Waals surface area contributed by atoms with E-state index in [1.165, 1.54) is 29.6 Å². The van der Waals surface area contributed by atoms with Gasteiger partial charge in [-0.15, -0.1) is 4.08 Å². The van der Waals surface area contributed by atoms with Crippen LogP contribution in [0, 0.1) is 0 Å². The summed E-state index contributed by atoms with van der Waals surface area (Å²) < 4.78 is 33.2. The van der Waals surface area contributed by atoms with Gasteiger partial charge < -0.3 is 9.64 Å². The number of unbranched alkanes of at least 4 members (excludes halogenated alkanes) is 1. The van der Waals surface area contributed by atoms with Gasteiger partial charge in [-0.05, 0) is 45.2 Å². The number of sulfonamides is 1. The topological polar surface area (TPSA) is 87.2 Å². The van der Waals surface area contributed by atoms with Gasteiger partial charge in [0.2, 0.25) is 10.0 Å². The lowest BCUT2D eigenvalue weighted by atomic mass is 10.2. The van der Waals surface area contributed by atoms with Crippen molar-refractivity contribution in [3.63, 3.8) is 0 Å². The molecule has 0 radical (unpaired) electrons. The molecule has 1 fully saturated rings. The second kappa shape index (κ2) is 11.4. The third-order valence-corrected chi connectivity index (χ3v) is 16.8. The summed E-state index contributed by atoms with van der Waals surface area (Å²) in [6.45, 7) is 4.61. The fourth-order valence-electron chi connectivity index (χ4n) is 2.46. The quantitative estimate of drug-likeness (QED) is 0.236. The highest BCUT2D eigenvalue weighted by Gasteiger charge is 2.47. The summed E-state index contributed by atoms with van der Waals surface area (Å²) >= 11 is 7.14. The number of carbonyl (C=O) groups is 2. The highest BCUT2D eigenvalue weighted by molar-refractivity contribution is 8.70. The molecule has 0 spiro atoms. The largest absolute Gasteiger partial charge is 0.457 e. The van der Waals surface area contributed by atoms with E-state index in [9.17, 15) is 18.0 Å². The highest BCUT2D eigenvalue weighted by Crippen LogP contribution is 2.67. The molecule has 1 aliphatic rings. The molecule has 2 atom stereocenters. The van der Waals surface area contributed by atoms with Gasteiger partial charge in [-0.3, -0.25) is 9.46 Å². The van der Waals surface area contributed by atoms with Crippen molar-refractivity contribution in [2.75, 3.05) is 41.3 Å². The number of hydrogen-bond acceptors (Lipinski definition) is 8. The van der Waals surface area contributed by atoms with Crippen molar-refractivity contribution in [1.29, 1.82) is 0 Å². The van der Waals surface area contributed by atoms with Crippen LogP contribution < -0.4 is 0 Å². The summed E-state index contributed by atoms with van der Waals surface area (Å²) in [6, 6.07) is 0. The molecular weight excluding hydrogens is 453 g/mol. The Hall–Kier alpha value is -0.190. The highest BCUT2D eigenvalue weighted by atomic mass is 32.9. The summed E-state index contributed by atoms with van der Waals surface area (Å²) in [6.07, 6.45) is 4.04. The first-order chi connectivity index (χ1) is 13.4. The SMILES string of the molecule is CCCCC(C)SP(=S)(N(C)C(=O)C(=O)OCCN(C)C)N(C)S(=O)(=O)C1CC1. The van der Waals surface area contributed by atoms with Gasteiger partial charge in [0.25, 0.3) is 0 Å².